The first-order valence-corrected chi connectivity index (χ1v) is 11.8. The normalized spacial score (nSPS) is 18.5. The average molecular weight is 462 g/mol. The van der Waals surface area contributed by atoms with E-state index in [2.05, 4.69) is 22.2 Å². The van der Waals surface area contributed by atoms with Crippen LogP contribution in [0.1, 0.15) is 68.1 Å². The predicted octanol–water partition coefficient (Wildman–Crippen LogP) is 5.03. The molecule has 1 aliphatic rings. The molecular weight excluding hydrogens is 430 g/mol. The summed E-state index contributed by atoms with van der Waals surface area (Å²) in [6.07, 6.45) is 10.8. The van der Waals surface area contributed by atoms with Gasteiger partial charge in [-0.2, -0.15) is 5.10 Å². The summed E-state index contributed by atoms with van der Waals surface area (Å²) in [6, 6.07) is 9.26. The van der Waals surface area contributed by atoms with Crippen LogP contribution in [0.4, 0.5) is 5.82 Å². The van der Waals surface area contributed by atoms with E-state index in [1.807, 2.05) is 56.3 Å². The Morgan fingerprint density at radius 3 is 2.41 bits per heavy atom. The smallest absolute Gasteiger partial charge is 0.341 e. The summed E-state index contributed by atoms with van der Waals surface area (Å²) in [7, 11) is 0. The summed E-state index contributed by atoms with van der Waals surface area (Å²) in [6.45, 7) is 6.01. The Kier molecular flexibility index (Phi) is 6.95. The molecule has 3 aromatic rings. The van der Waals surface area contributed by atoms with Crippen LogP contribution in [0.15, 0.2) is 42.7 Å². The highest BCUT2D eigenvalue weighted by atomic mass is 16.4. The number of nitrogens with one attached hydrogen (secondary N) is 1. The van der Waals surface area contributed by atoms with Crippen LogP contribution in [-0.2, 0) is 4.79 Å². The zero-order valence-corrected chi connectivity index (χ0v) is 19.8. The van der Waals surface area contributed by atoms with Crippen LogP contribution >= 0.6 is 0 Å². The molecule has 0 aliphatic heterocycles. The van der Waals surface area contributed by atoms with Crippen molar-refractivity contribution in [2.45, 2.75) is 52.5 Å². The van der Waals surface area contributed by atoms with Gasteiger partial charge in [0.15, 0.2) is 5.82 Å². The lowest BCUT2D eigenvalue weighted by Gasteiger charge is -2.32. The zero-order valence-electron chi connectivity index (χ0n) is 19.8. The Morgan fingerprint density at radius 2 is 1.82 bits per heavy atom. The number of hydrogen-bond acceptors (Lipinski definition) is 4. The standard InChI is InChI=1S/C26H31N5O3/c1-17(2)31(25(32)20-9-4-18(3)5-10-20)24-23(26(33)34)16-30(29-24)22-12-7-19(8-13-22)6-11-21-14-15-27-28-21/h6-8,11-18,20H,4-5,9-10H2,1-3H3,(H,27,28)(H,33,34)/b11-6-/t18-,20-. The quantitative estimate of drug-likeness (QED) is 0.513. The summed E-state index contributed by atoms with van der Waals surface area (Å²) in [5.74, 6) is -0.397. The molecule has 0 bridgehead atoms. The first-order chi connectivity index (χ1) is 16.3. The van der Waals surface area contributed by atoms with Crippen LogP contribution in [0.5, 0.6) is 0 Å². The fraction of sp³-hybridized carbons (Fsp3) is 0.385. The number of carboxylic acids is 1. The number of carbonyl (C=O) groups is 2. The summed E-state index contributed by atoms with van der Waals surface area (Å²) in [5.41, 5.74) is 2.54. The molecule has 1 aliphatic carbocycles. The molecule has 8 nitrogen and oxygen atoms in total. The minimum Gasteiger partial charge on any atom is -0.477 e. The molecule has 1 saturated carbocycles. The lowest BCUT2D eigenvalue weighted by molar-refractivity contribution is -0.123. The fourth-order valence-corrected chi connectivity index (χ4v) is 4.42. The molecule has 1 aromatic carbocycles. The molecule has 8 heteroatoms. The molecule has 4 rings (SSSR count). The maximum absolute atomic E-state index is 13.5. The molecule has 0 atom stereocenters. The predicted molar refractivity (Wildman–Crippen MR) is 132 cm³/mol. The number of amides is 1. The van der Waals surface area contributed by atoms with Crippen molar-refractivity contribution in [1.29, 1.82) is 0 Å². The maximum Gasteiger partial charge on any atom is 0.341 e. The van der Waals surface area contributed by atoms with Crippen molar-refractivity contribution in [3.8, 4) is 5.69 Å². The highest BCUT2D eigenvalue weighted by Gasteiger charge is 2.34. The van der Waals surface area contributed by atoms with E-state index in [4.69, 9.17) is 0 Å². The van der Waals surface area contributed by atoms with E-state index in [0.717, 1.165) is 36.9 Å². The Balaban J connectivity index is 1.61. The van der Waals surface area contributed by atoms with Crippen molar-refractivity contribution in [1.82, 2.24) is 20.0 Å². The number of nitrogens with zero attached hydrogens (tertiary/aromatic N) is 4. The van der Waals surface area contributed by atoms with E-state index in [1.165, 1.54) is 10.9 Å². The highest BCUT2D eigenvalue weighted by molar-refractivity contribution is 6.01. The molecule has 34 heavy (non-hydrogen) atoms. The summed E-state index contributed by atoms with van der Waals surface area (Å²) >= 11 is 0. The number of benzene rings is 1. The molecule has 0 radical (unpaired) electrons. The average Bonchev–Trinajstić information content (AvgIpc) is 3.49. The van der Waals surface area contributed by atoms with Crippen molar-refractivity contribution in [2.24, 2.45) is 11.8 Å². The minimum atomic E-state index is -1.10. The number of aromatic carboxylic acids is 1. The zero-order chi connectivity index (χ0) is 24.2. The van der Waals surface area contributed by atoms with Gasteiger partial charge in [-0.1, -0.05) is 25.1 Å². The number of carboxylic acid groups (broad SMARTS) is 1. The van der Waals surface area contributed by atoms with Crippen molar-refractivity contribution in [3.05, 3.63) is 59.5 Å². The monoisotopic (exact) mass is 461 g/mol. The van der Waals surface area contributed by atoms with Crippen molar-refractivity contribution < 1.29 is 14.7 Å². The topological polar surface area (TPSA) is 104 Å². The van der Waals surface area contributed by atoms with Crippen molar-refractivity contribution >= 4 is 29.8 Å². The van der Waals surface area contributed by atoms with Gasteiger partial charge in [0.05, 0.1) is 11.4 Å². The Bertz CT molecular complexity index is 1150. The maximum atomic E-state index is 13.5. The molecule has 1 fully saturated rings. The number of carbonyl (C=O) groups excluding carboxylic acids is 1. The second-order valence-electron chi connectivity index (χ2n) is 9.30. The van der Waals surface area contributed by atoms with Gasteiger partial charge in [-0.25, -0.2) is 9.48 Å². The fourth-order valence-electron chi connectivity index (χ4n) is 4.42. The summed E-state index contributed by atoms with van der Waals surface area (Å²) < 4.78 is 1.53. The minimum absolute atomic E-state index is 0.0220. The molecule has 2 heterocycles. The number of aromatic amines is 1. The van der Waals surface area contributed by atoms with Gasteiger partial charge in [0, 0.05) is 24.4 Å². The van der Waals surface area contributed by atoms with Crippen molar-refractivity contribution in [2.75, 3.05) is 4.90 Å². The van der Waals surface area contributed by atoms with Gasteiger partial charge in [-0.05, 0) is 75.3 Å². The number of hydrogen-bond donors (Lipinski definition) is 2. The van der Waals surface area contributed by atoms with Gasteiger partial charge < -0.3 is 5.11 Å². The molecule has 0 saturated heterocycles. The third-order valence-corrected chi connectivity index (χ3v) is 6.40. The SMILES string of the molecule is CC(C)N(c1nn(-c2ccc(/C=C\c3cc[nH]n3)cc2)cc1C(=O)O)C(=O)[C@H]1CC[C@H](C)CC1. The Hall–Kier alpha value is -3.68. The van der Waals surface area contributed by atoms with E-state index < -0.39 is 5.97 Å². The van der Waals surface area contributed by atoms with Gasteiger partial charge in [-0.15, -0.1) is 5.10 Å². The largest absolute Gasteiger partial charge is 0.477 e. The third kappa shape index (κ3) is 5.11. The van der Waals surface area contributed by atoms with E-state index in [0.29, 0.717) is 11.6 Å². The van der Waals surface area contributed by atoms with Crippen LogP contribution in [0, 0.1) is 11.8 Å². The molecule has 2 aromatic heterocycles. The molecule has 1 amide bonds. The number of H-pyrrole nitrogens is 1. The number of aromatic nitrogens is 4. The summed E-state index contributed by atoms with van der Waals surface area (Å²) in [5, 5.41) is 21.3. The second kappa shape index (κ2) is 10.1. The molecule has 2 N–H and O–H groups in total. The highest BCUT2D eigenvalue weighted by Crippen LogP contribution is 2.32. The van der Waals surface area contributed by atoms with Crippen LogP contribution in [0.3, 0.4) is 0 Å². The van der Waals surface area contributed by atoms with Gasteiger partial charge in [0.2, 0.25) is 5.91 Å². The van der Waals surface area contributed by atoms with Gasteiger partial charge in [0.25, 0.3) is 0 Å². The van der Waals surface area contributed by atoms with Gasteiger partial charge in [-0.3, -0.25) is 14.8 Å². The van der Waals surface area contributed by atoms with E-state index in [1.54, 1.807) is 11.1 Å². The van der Waals surface area contributed by atoms with Crippen LogP contribution < -0.4 is 4.90 Å². The van der Waals surface area contributed by atoms with Crippen LogP contribution in [0.2, 0.25) is 0 Å². The van der Waals surface area contributed by atoms with Crippen LogP contribution in [0.25, 0.3) is 17.8 Å². The first-order valence-electron chi connectivity index (χ1n) is 11.8. The lowest BCUT2D eigenvalue weighted by Crippen LogP contribution is -2.43. The second-order valence-corrected chi connectivity index (χ2v) is 9.30. The first kappa shape index (κ1) is 23.5. The summed E-state index contributed by atoms with van der Waals surface area (Å²) in [4.78, 5) is 27.1. The van der Waals surface area contributed by atoms with E-state index in [-0.39, 0.29) is 29.2 Å². The number of rotatable bonds is 7. The Labute approximate surface area is 199 Å². The van der Waals surface area contributed by atoms with Gasteiger partial charge >= 0.3 is 5.97 Å². The molecule has 0 spiro atoms. The van der Waals surface area contributed by atoms with E-state index in [9.17, 15) is 14.7 Å². The van der Waals surface area contributed by atoms with Crippen molar-refractivity contribution in [3.63, 3.8) is 0 Å². The lowest BCUT2D eigenvalue weighted by atomic mass is 9.82. The van der Waals surface area contributed by atoms with E-state index >= 15 is 0 Å². The molecule has 0 unspecified atom stereocenters. The number of anilines is 1. The Morgan fingerprint density at radius 1 is 1.12 bits per heavy atom. The molecule has 178 valence electrons. The van der Waals surface area contributed by atoms with Crippen LogP contribution in [-0.4, -0.2) is 43.0 Å². The molecular formula is C26H31N5O3. The third-order valence-electron chi connectivity index (χ3n) is 6.40. The van der Waals surface area contributed by atoms with Gasteiger partial charge in [0.1, 0.15) is 5.56 Å².